The zero-order chi connectivity index (χ0) is 9.35. The zero-order valence-corrected chi connectivity index (χ0v) is 9.27. The van der Waals surface area contributed by atoms with E-state index >= 15 is 0 Å². The Labute approximate surface area is 85.4 Å². The Hall–Kier alpha value is -0.760. The standard InChI is InChI=1S/C10H15NO.ClH/c1-7-5-6-8(12)9(11-7)10(2,3)4;/h5-6,12H,1-4H3;1H. The average Bonchev–Trinajstić information content (AvgIpc) is 1.92. The maximum Gasteiger partial charge on any atom is 0.137 e. The second-order valence-electron chi connectivity index (χ2n) is 4.07. The molecule has 1 rings (SSSR count). The maximum atomic E-state index is 9.51. The van der Waals surface area contributed by atoms with Gasteiger partial charge in [-0.2, -0.15) is 0 Å². The van der Waals surface area contributed by atoms with Gasteiger partial charge in [0, 0.05) is 11.1 Å². The van der Waals surface area contributed by atoms with Gasteiger partial charge in [0.05, 0.1) is 5.69 Å². The van der Waals surface area contributed by atoms with Crippen molar-refractivity contribution >= 4 is 12.4 Å². The van der Waals surface area contributed by atoms with Crippen molar-refractivity contribution in [1.29, 1.82) is 0 Å². The van der Waals surface area contributed by atoms with E-state index in [1.165, 1.54) is 0 Å². The van der Waals surface area contributed by atoms with Gasteiger partial charge in [-0.3, -0.25) is 4.98 Å². The number of rotatable bonds is 0. The molecule has 0 aliphatic heterocycles. The summed E-state index contributed by atoms with van der Waals surface area (Å²) in [4.78, 5) is 4.29. The third-order valence-electron chi connectivity index (χ3n) is 1.72. The highest BCUT2D eigenvalue weighted by Gasteiger charge is 2.19. The van der Waals surface area contributed by atoms with Crippen LogP contribution < -0.4 is 0 Å². The monoisotopic (exact) mass is 201 g/mol. The van der Waals surface area contributed by atoms with E-state index in [1.54, 1.807) is 6.07 Å². The van der Waals surface area contributed by atoms with Gasteiger partial charge in [-0.1, -0.05) is 20.8 Å². The second kappa shape index (κ2) is 3.97. The Kier molecular flexibility index (Phi) is 3.73. The number of aromatic nitrogens is 1. The van der Waals surface area contributed by atoms with Crippen molar-refractivity contribution in [2.24, 2.45) is 0 Å². The first kappa shape index (κ1) is 12.2. The van der Waals surface area contributed by atoms with Gasteiger partial charge in [0.25, 0.3) is 0 Å². The predicted octanol–water partition coefficient (Wildman–Crippen LogP) is 2.81. The number of aryl methyl sites for hydroxylation is 1. The molecule has 74 valence electrons. The third-order valence-corrected chi connectivity index (χ3v) is 1.72. The Morgan fingerprint density at radius 2 is 1.77 bits per heavy atom. The summed E-state index contributed by atoms with van der Waals surface area (Å²) in [6, 6.07) is 3.51. The molecule has 1 aromatic rings. The molecule has 13 heavy (non-hydrogen) atoms. The molecule has 0 spiro atoms. The van der Waals surface area contributed by atoms with E-state index in [1.807, 2.05) is 33.8 Å². The smallest absolute Gasteiger partial charge is 0.137 e. The van der Waals surface area contributed by atoms with Crippen LogP contribution in [0.3, 0.4) is 0 Å². The van der Waals surface area contributed by atoms with Gasteiger partial charge in [0.2, 0.25) is 0 Å². The highest BCUT2D eigenvalue weighted by Crippen LogP contribution is 2.28. The van der Waals surface area contributed by atoms with Crippen LogP contribution in [0.15, 0.2) is 12.1 Å². The molecule has 0 unspecified atom stereocenters. The van der Waals surface area contributed by atoms with Gasteiger partial charge >= 0.3 is 0 Å². The molecule has 1 heterocycles. The number of nitrogens with zero attached hydrogens (tertiary/aromatic N) is 1. The van der Waals surface area contributed by atoms with Crippen molar-refractivity contribution in [3.05, 3.63) is 23.5 Å². The molecule has 0 saturated carbocycles. The van der Waals surface area contributed by atoms with Crippen molar-refractivity contribution in [3.63, 3.8) is 0 Å². The molecule has 0 amide bonds. The lowest BCUT2D eigenvalue weighted by atomic mass is 9.91. The van der Waals surface area contributed by atoms with E-state index in [4.69, 9.17) is 0 Å². The lowest BCUT2D eigenvalue weighted by Crippen LogP contribution is -2.14. The topological polar surface area (TPSA) is 33.1 Å². The number of pyridine rings is 1. The second-order valence-corrected chi connectivity index (χ2v) is 4.07. The van der Waals surface area contributed by atoms with Crippen LogP contribution in [0.4, 0.5) is 0 Å². The SMILES string of the molecule is Cc1ccc(O)c(C(C)(C)C)n1.Cl. The molecule has 3 heteroatoms. The van der Waals surface area contributed by atoms with Gasteiger partial charge in [-0.25, -0.2) is 0 Å². The highest BCUT2D eigenvalue weighted by molar-refractivity contribution is 5.85. The number of hydrogen-bond donors (Lipinski definition) is 1. The van der Waals surface area contributed by atoms with E-state index in [2.05, 4.69) is 4.98 Å². The van der Waals surface area contributed by atoms with E-state index in [-0.39, 0.29) is 23.6 Å². The molecule has 0 radical (unpaired) electrons. The van der Waals surface area contributed by atoms with Gasteiger partial charge in [0.1, 0.15) is 5.75 Å². The minimum atomic E-state index is -0.0872. The van der Waals surface area contributed by atoms with Crippen molar-refractivity contribution in [2.75, 3.05) is 0 Å². The van der Waals surface area contributed by atoms with Crippen LogP contribution in [0, 0.1) is 6.92 Å². The molecular weight excluding hydrogens is 186 g/mol. The molecule has 0 aliphatic rings. The van der Waals surface area contributed by atoms with E-state index in [0.717, 1.165) is 11.4 Å². The number of aromatic hydroxyl groups is 1. The van der Waals surface area contributed by atoms with Crippen LogP contribution in [0.1, 0.15) is 32.2 Å². The summed E-state index contributed by atoms with van der Waals surface area (Å²) in [5.41, 5.74) is 1.62. The molecular formula is C10H16ClNO. The van der Waals surface area contributed by atoms with E-state index in [9.17, 15) is 5.11 Å². The predicted molar refractivity (Wildman–Crippen MR) is 56.6 cm³/mol. The minimum Gasteiger partial charge on any atom is -0.506 e. The Morgan fingerprint density at radius 1 is 1.23 bits per heavy atom. The van der Waals surface area contributed by atoms with E-state index in [0.29, 0.717) is 0 Å². The molecule has 1 aromatic heterocycles. The van der Waals surface area contributed by atoms with Crippen LogP contribution in [0.25, 0.3) is 0 Å². The molecule has 0 fully saturated rings. The summed E-state index contributed by atoms with van der Waals surface area (Å²) < 4.78 is 0. The van der Waals surface area contributed by atoms with Crippen LogP contribution in [-0.4, -0.2) is 10.1 Å². The lowest BCUT2D eigenvalue weighted by molar-refractivity contribution is 0.437. The summed E-state index contributed by atoms with van der Waals surface area (Å²) in [7, 11) is 0. The fourth-order valence-corrected chi connectivity index (χ4v) is 1.10. The summed E-state index contributed by atoms with van der Waals surface area (Å²) in [5, 5.41) is 9.51. The van der Waals surface area contributed by atoms with E-state index < -0.39 is 0 Å². The maximum absolute atomic E-state index is 9.51. The van der Waals surface area contributed by atoms with Crippen LogP contribution in [-0.2, 0) is 5.41 Å². The minimum absolute atomic E-state index is 0. The molecule has 0 aliphatic carbocycles. The molecule has 0 atom stereocenters. The summed E-state index contributed by atoms with van der Waals surface area (Å²) in [5.74, 6) is 0.285. The first-order chi connectivity index (χ1) is 5.41. The number of halogens is 1. The molecule has 1 N–H and O–H groups in total. The van der Waals surface area contributed by atoms with Crippen molar-refractivity contribution in [2.45, 2.75) is 33.1 Å². The quantitative estimate of drug-likeness (QED) is 0.700. The zero-order valence-electron chi connectivity index (χ0n) is 8.46. The summed E-state index contributed by atoms with van der Waals surface area (Å²) in [6.45, 7) is 8.03. The van der Waals surface area contributed by atoms with Crippen LogP contribution in [0.2, 0.25) is 0 Å². The first-order valence-corrected chi connectivity index (χ1v) is 4.08. The highest BCUT2D eigenvalue weighted by atomic mass is 35.5. The van der Waals surface area contributed by atoms with Crippen LogP contribution >= 0.6 is 12.4 Å². The van der Waals surface area contributed by atoms with Crippen molar-refractivity contribution in [3.8, 4) is 5.75 Å². The molecule has 0 aromatic carbocycles. The molecule has 2 nitrogen and oxygen atoms in total. The Balaban J connectivity index is 0.00000144. The third kappa shape index (κ3) is 2.88. The summed E-state index contributed by atoms with van der Waals surface area (Å²) >= 11 is 0. The van der Waals surface area contributed by atoms with Gasteiger partial charge in [0.15, 0.2) is 0 Å². The largest absolute Gasteiger partial charge is 0.506 e. The Morgan fingerprint density at radius 3 is 2.15 bits per heavy atom. The molecule has 0 bridgehead atoms. The van der Waals surface area contributed by atoms with Gasteiger partial charge in [-0.15, -0.1) is 12.4 Å². The normalized spacial score (nSPS) is 10.8. The average molecular weight is 202 g/mol. The van der Waals surface area contributed by atoms with Gasteiger partial charge < -0.3 is 5.11 Å². The number of hydrogen-bond acceptors (Lipinski definition) is 2. The molecule has 0 saturated heterocycles. The van der Waals surface area contributed by atoms with Crippen molar-refractivity contribution < 1.29 is 5.11 Å². The fourth-order valence-electron chi connectivity index (χ4n) is 1.10. The lowest BCUT2D eigenvalue weighted by Gasteiger charge is -2.19. The summed E-state index contributed by atoms with van der Waals surface area (Å²) in [6.07, 6.45) is 0. The fraction of sp³-hybridized carbons (Fsp3) is 0.500. The van der Waals surface area contributed by atoms with Crippen molar-refractivity contribution in [1.82, 2.24) is 4.98 Å². The Bertz CT molecular complexity index is 291. The van der Waals surface area contributed by atoms with Crippen LogP contribution in [0.5, 0.6) is 5.75 Å². The van der Waals surface area contributed by atoms with Gasteiger partial charge in [-0.05, 0) is 19.1 Å². The first-order valence-electron chi connectivity index (χ1n) is 4.08.